The van der Waals surface area contributed by atoms with E-state index in [2.05, 4.69) is 53.2 Å². The minimum absolute atomic E-state index is 0.0321. The summed E-state index contributed by atoms with van der Waals surface area (Å²) in [6.45, 7) is 11.6. The number of carbonyl (C=O) groups excluding carboxylic acids is 1. The van der Waals surface area contributed by atoms with Crippen LogP contribution in [0.5, 0.6) is 0 Å². The number of amides is 1. The normalized spacial score (nSPS) is 12.0. The number of pyridine rings is 1. The number of aliphatic imine (C=N–C) groups is 1. The van der Waals surface area contributed by atoms with Crippen molar-refractivity contribution in [2.75, 3.05) is 40.3 Å². The molecular weight excluding hydrogens is 352 g/mol. The largest absolute Gasteiger partial charge is 0.356 e. The monoisotopic (exact) mass is 390 g/mol. The second kappa shape index (κ2) is 13.1. The smallest absolute Gasteiger partial charge is 0.241 e. The molecule has 28 heavy (non-hydrogen) atoms. The van der Waals surface area contributed by atoms with E-state index in [4.69, 9.17) is 0 Å². The molecule has 7 heteroatoms. The number of rotatable bonds is 11. The number of hydrogen-bond donors (Lipinski definition) is 2. The molecule has 1 amide bonds. The molecule has 0 saturated carbocycles. The van der Waals surface area contributed by atoms with E-state index in [1.807, 2.05) is 25.2 Å². The van der Waals surface area contributed by atoms with Gasteiger partial charge in [0, 0.05) is 64.1 Å². The fourth-order valence-electron chi connectivity index (χ4n) is 3.05. The lowest BCUT2D eigenvalue weighted by atomic mass is 10.2. The van der Waals surface area contributed by atoms with Crippen molar-refractivity contribution in [2.45, 2.75) is 52.6 Å². The van der Waals surface area contributed by atoms with Gasteiger partial charge < -0.3 is 15.5 Å². The van der Waals surface area contributed by atoms with Crippen LogP contribution in [0, 0.1) is 0 Å². The van der Waals surface area contributed by atoms with Gasteiger partial charge in [-0.2, -0.15) is 0 Å². The van der Waals surface area contributed by atoms with E-state index in [1.165, 1.54) is 0 Å². The van der Waals surface area contributed by atoms with Crippen molar-refractivity contribution in [3.63, 3.8) is 0 Å². The van der Waals surface area contributed by atoms with E-state index < -0.39 is 0 Å². The predicted octanol–water partition coefficient (Wildman–Crippen LogP) is 1.76. The molecule has 0 unspecified atom stereocenters. The van der Waals surface area contributed by atoms with Crippen molar-refractivity contribution in [3.05, 3.63) is 30.1 Å². The van der Waals surface area contributed by atoms with Crippen LogP contribution in [0.1, 0.15) is 39.8 Å². The highest BCUT2D eigenvalue weighted by atomic mass is 16.2. The molecule has 1 aromatic rings. The van der Waals surface area contributed by atoms with Gasteiger partial charge in [-0.25, -0.2) is 0 Å². The van der Waals surface area contributed by atoms with Crippen LogP contribution in [0.2, 0.25) is 0 Å². The third-order valence-electron chi connectivity index (χ3n) is 4.70. The molecule has 7 nitrogen and oxygen atoms in total. The molecule has 0 aliphatic carbocycles. The van der Waals surface area contributed by atoms with Crippen molar-refractivity contribution >= 4 is 11.9 Å². The summed E-state index contributed by atoms with van der Waals surface area (Å²) < 4.78 is 0. The number of nitrogens with zero attached hydrogens (tertiary/aromatic N) is 4. The molecule has 0 radical (unpaired) electrons. The molecule has 1 rings (SSSR count). The number of guanidine groups is 1. The van der Waals surface area contributed by atoms with Crippen LogP contribution in [0.3, 0.4) is 0 Å². The third-order valence-corrected chi connectivity index (χ3v) is 4.70. The number of carbonyl (C=O) groups is 1. The summed E-state index contributed by atoms with van der Waals surface area (Å²) in [6, 6.07) is 6.91. The first kappa shape index (κ1) is 23.9. The van der Waals surface area contributed by atoms with Crippen molar-refractivity contribution < 1.29 is 4.79 Å². The molecule has 0 aromatic carbocycles. The van der Waals surface area contributed by atoms with Gasteiger partial charge in [0.1, 0.15) is 0 Å². The van der Waals surface area contributed by atoms with E-state index in [1.54, 1.807) is 18.1 Å². The minimum Gasteiger partial charge on any atom is -0.356 e. The zero-order valence-corrected chi connectivity index (χ0v) is 18.4. The van der Waals surface area contributed by atoms with Crippen LogP contribution in [0.15, 0.2) is 29.4 Å². The number of hydrogen-bond acceptors (Lipinski definition) is 4. The van der Waals surface area contributed by atoms with Gasteiger partial charge in [-0.3, -0.25) is 19.7 Å². The number of aromatic nitrogens is 1. The lowest BCUT2D eigenvalue weighted by Crippen LogP contribution is -2.45. The van der Waals surface area contributed by atoms with Crippen molar-refractivity contribution in [3.8, 4) is 0 Å². The van der Waals surface area contributed by atoms with Crippen molar-refractivity contribution in [1.82, 2.24) is 25.4 Å². The molecule has 0 aliphatic heterocycles. The summed E-state index contributed by atoms with van der Waals surface area (Å²) in [4.78, 5) is 25.0. The SMILES string of the molecule is CN=C(NCCCN(C(C)C)C(C)C)NCC(=O)N(C)CCc1ccccn1. The quantitative estimate of drug-likeness (QED) is 0.342. The molecule has 0 saturated heterocycles. The lowest BCUT2D eigenvalue weighted by Gasteiger charge is -2.30. The molecule has 0 atom stereocenters. The van der Waals surface area contributed by atoms with Crippen LogP contribution < -0.4 is 10.6 Å². The fraction of sp³-hybridized carbons (Fsp3) is 0.667. The van der Waals surface area contributed by atoms with Gasteiger partial charge in [0.25, 0.3) is 0 Å². The molecule has 1 heterocycles. The van der Waals surface area contributed by atoms with Crippen molar-refractivity contribution in [1.29, 1.82) is 0 Å². The second-order valence-electron chi connectivity index (χ2n) is 7.52. The van der Waals surface area contributed by atoms with Gasteiger partial charge in [-0.1, -0.05) is 6.07 Å². The van der Waals surface area contributed by atoms with Crippen LogP contribution >= 0.6 is 0 Å². The van der Waals surface area contributed by atoms with E-state index >= 15 is 0 Å². The highest BCUT2D eigenvalue weighted by molar-refractivity contribution is 5.86. The summed E-state index contributed by atoms with van der Waals surface area (Å²) in [7, 11) is 3.54. The van der Waals surface area contributed by atoms with Gasteiger partial charge in [0.2, 0.25) is 5.91 Å². The summed E-state index contributed by atoms with van der Waals surface area (Å²) in [6.07, 6.45) is 3.54. The highest BCUT2D eigenvalue weighted by Gasteiger charge is 2.13. The Morgan fingerprint density at radius 1 is 1.14 bits per heavy atom. The molecule has 1 aromatic heterocycles. The summed E-state index contributed by atoms with van der Waals surface area (Å²) in [5.74, 6) is 0.691. The lowest BCUT2D eigenvalue weighted by molar-refractivity contribution is -0.128. The highest BCUT2D eigenvalue weighted by Crippen LogP contribution is 2.05. The summed E-state index contributed by atoms with van der Waals surface area (Å²) in [5, 5.41) is 6.39. The van der Waals surface area contributed by atoms with E-state index in [0.29, 0.717) is 24.6 Å². The molecule has 0 bridgehead atoms. The summed E-state index contributed by atoms with van der Waals surface area (Å²) in [5.41, 5.74) is 0.990. The van der Waals surface area contributed by atoms with Gasteiger partial charge in [0.15, 0.2) is 5.96 Å². The third kappa shape index (κ3) is 9.17. The van der Waals surface area contributed by atoms with Gasteiger partial charge >= 0.3 is 0 Å². The first-order valence-electron chi connectivity index (χ1n) is 10.2. The summed E-state index contributed by atoms with van der Waals surface area (Å²) >= 11 is 0. The zero-order valence-electron chi connectivity index (χ0n) is 18.4. The van der Waals surface area contributed by atoms with Gasteiger partial charge in [-0.15, -0.1) is 0 Å². The maximum absolute atomic E-state index is 12.3. The molecule has 0 spiro atoms. The Hall–Kier alpha value is -2.15. The van der Waals surface area contributed by atoms with Crippen LogP contribution in [0.4, 0.5) is 0 Å². The molecule has 2 N–H and O–H groups in total. The Bertz CT molecular complexity index is 580. The van der Waals surface area contributed by atoms with E-state index in [0.717, 1.165) is 31.6 Å². The standard InChI is InChI=1S/C21H38N6O/c1-17(2)27(18(3)4)14-9-13-24-21(22-5)25-16-20(28)26(6)15-11-19-10-7-8-12-23-19/h7-8,10,12,17-18H,9,11,13-16H2,1-6H3,(H2,22,24,25). The Kier molecular flexibility index (Phi) is 11.2. The average Bonchev–Trinajstić information content (AvgIpc) is 2.68. The number of nitrogens with one attached hydrogen (secondary N) is 2. The zero-order chi connectivity index (χ0) is 20.9. The molecular formula is C21H38N6O. The van der Waals surface area contributed by atoms with Crippen LogP contribution in [0.25, 0.3) is 0 Å². The predicted molar refractivity (Wildman–Crippen MR) is 117 cm³/mol. The van der Waals surface area contributed by atoms with E-state index in [-0.39, 0.29) is 12.5 Å². The van der Waals surface area contributed by atoms with Crippen LogP contribution in [-0.2, 0) is 11.2 Å². The van der Waals surface area contributed by atoms with Gasteiger partial charge in [0.05, 0.1) is 6.54 Å². The second-order valence-corrected chi connectivity index (χ2v) is 7.52. The fourth-order valence-corrected chi connectivity index (χ4v) is 3.05. The van der Waals surface area contributed by atoms with Gasteiger partial charge in [-0.05, 0) is 46.2 Å². The topological polar surface area (TPSA) is 72.9 Å². The molecule has 0 aliphatic rings. The Morgan fingerprint density at radius 2 is 1.86 bits per heavy atom. The Morgan fingerprint density at radius 3 is 2.43 bits per heavy atom. The first-order chi connectivity index (χ1) is 13.3. The maximum Gasteiger partial charge on any atom is 0.241 e. The minimum atomic E-state index is 0.0321. The van der Waals surface area contributed by atoms with E-state index in [9.17, 15) is 4.79 Å². The Balaban J connectivity index is 2.28. The Labute approximate surface area is 170 Å². The molecule has 158 valence electrons. The maximum atomic E-state index is 12.3. The average molecular weight is 391 g/mol. The van der Waals surface area contributed by atoms with Crippen LogP contribution in [-0.4, -0.2) is 79.0 Å². The first-order valence-corrected chi connectivity index (χ1v) is 10.2. The number of likely N-dealkylation sites (N-methyl/N-ethyl adjacent to an activating group) is 1. The molecule has 0 fully saturated rings. The van der Waals surface area contributed by atoms with Crippen molar-refractivity contribution in [2.24, 2.45) is 4.99 Å².